The van der Waals surface area contributed by atoms with Crippen LogP contribution in [0.1, 0.15) is 33.6 Å². The van der Waals surface area contributed by atoms with Crippen molar-refractivity contribution >= 4 is 5.97 Å². The van der Waals surface area contributed by atoms with Crippen LogP contribution in [0.2, 0.25) is 0 Å². The number of rotatable bonds is 6. The molecular formula is C13H18F6O3. The topological polar surface area (TPSA) is 57.5 Å². The van der Waals surface area contributed by atoms with E-state index in [1.165, 1.54) is 0 Å². The molecule has 0 amide bonds. The summed E-state index contributed by atoms with van der Waals surface area (Å²) in [7, 11) is 0. The zero-order valence-corrected chi connectivity index (χ0v) is 12.2. The number of alkyl halides is 6. The summed E-state index contributed by atoms with van der Waals surface area (Å²) in [6, 6.07) is 0. The fraction of sp³-hybridized carbons (Fsp3) is 0.769. The Morgan fingerprint density at radius 2 is 1.50 bits per heavy atom. The van der Waals surface area contributed by atoms with Crippen LogP contribution in [0.5, 0.6) is 0 Å². The van der Waals surface area contributed by atoms with Crippen molar-refractivity contribution in [2.45, 2.75) is 51.6 Å². The third-order valence-electron chi connectivity index (χ3n) is 3.09. The summed E-state index contributed by atoms with van der Waals surface area (Å²) in [5.74, 6) is -3.12. The summed E-state index contributed by atoms with van der Waals surface area (Å²) in [4.78, 5) is 10.7. The Bertz CT molecular complexity index is 408. The average molecular weight is 336 g/mol. The van der Waals surface area contributed by atoms with Gasteiger partial charge in [0.1, 0.15) is 0 Å². The highest BCUT2D eigenvalue weighted by Gasteiger charge is 2.70. The molecule has 0 heterocycles. The molecule has 1 unspecified atom stereocenters. The Morgan fingerprint density at radius 3 is 1.77 bits per heavy atom. The number of carboxylic acid groups (broad SMARTS) is 1. The SMILES string of the molecule is CC(=CC(CC(C)C)CC(O)(C(F)(F)F)C(F)(F)F)C(=O)O. The highest BCUT2D eigenvalue weighted by Crippen LogP contribution is 2.47. The van der Waals surface area contributed by atoms with Gasteiger partial charge in [0.2, 0.25) is 0 Å². The molecule has 0 aromatic carbocycles. The molecule has 1 atom stereocenters. The number of aliphatic carboxylic acids is 1. The van der Waals surface area contributed by atoms with Gasteiger partial charge in [-0.3, -0.25) is 0 Å². The molecule has 130 valence electrons. The monoisotopic (exact) mass is 336 g/mol. The number of hydrogen-bond acceptors (Lipinski definition) is 2. The second kappa shape index (κ2) is 6.89. The van der Waals surface area contributed by atoms with Gasteiger partial charge >= 0.3 is 18.3 Å². The van der Waals surface area contributed by atoms with Gasteiger partial charge in [0, 0.05) is 12.0 Å². The Hall–Kier alpha value is -1.25. The minimum absolute atomic E-state index is 0.126. The van der Waals surface area contributed by atoms with E-state index in [2.05, 4.69) is 0 Å². The van der Waals surface area contributed by atoms with Crippen LogP contribution in [-0.4, -0.2) is 34.1 Å². The predicted octanol–water partition coefficient (Wildman–Crippen LogP) is 3.93. The first-order valence-electron chi connectivity index (χ1n) is 6.39. The van der Waals surface area contributed by atoms with E-state index in [-0.39, 0.29) is 17.9 Å². The maximum Gasteiger partial charge on any atom is 0.426 e. The van der Waals surface area contributed by atoms with Gasteiger partial charge in [0.05, 0.1) is 0 Å². The minimum Gasteiger partial charge on any atom is -0.478 e. The van der Waals surface area contributed by atoms with Crippen LogP contribution >= 0.6 is 0 Å². The fourth-order valence-corrected chi connectivity index (χ4v) is 2.01. The Morgan fingerprint density at radius 1 is 1.09 bits per heavy atom. The smallest absolute Gasteiger partial charge is 0.426 e. The van der Waals surface area contributed by atoms with E-state index >= 15 is 0 Å². The van der Waals surface area contributed by atoms with E-state index in [9.17, 15) is 36.2 Å². The predicted molar refractivity (Wildman–Crippen MR) is 66.0 cm³/mol. The second-order valence-corrected chi connectivity index (χ2v) is 5.60. The maximum atomic E-state index is 12.7. The van der Waals surface area contributed by atoms with Crippen molar-refractivity contribution in [3.8, 4) is 0 Å². The van der Waals surface area contributed by atoms with Crippen molar-refractivity contribution in [2.24, 2.45) is 11.8 Å². The number of aliphatic hydroxyl groups is 1. The van der Waals surface area contributed by atoms with E-state index in [1.807, 2.05) is 0 Å². The van der Waals surface area contributed by atoms with Crippen LogP contribution in [0.15, 0.2) is 11.6 Å². The van der Waals surface area contributed by atoms with Crippen LogP contribution < -0.4 is 0 Å². The normalized spacial score (nSPS) is 16.0. The van der Waals surface area contributed by atoms with Crippen molar-refractivity contribution in [2.75, 3.05) is 0 Å². The maximum absolute atomic E-state index is 12.7. The largest absolute Gasteiger partial charge is 0.478 e. The van der Waals surface area contributed by atoms with Crippen molar-refractivity contribution in [1.29, 1.82) is 0 Å². The van der Waals surface area contributed by atoms with Gasteiger partial charge in [-0.2, -0.15) is 26.3 Å². The Balaban J connectivity index is 5.68. The summed E-state index contributed by atoms with van der Waals surface area (Å²) < 4.78 is 76.1. The molecule has 0 saturated heterocycles. The minimum atomic E-state index is -5.91. The molecule has 2 N–H and O–H groups in total. The number of carboxylic acids is 1. The lowest BCUT2D eigenvalue weighted by Crippen LogP contribution is -2.57. The molecule has 0 fully saturated rings. The third kappa shape index (κ3) is 5.19. The number of hydrogen-bond donors (Lipinski definition) is 2. The molecule has 0 radical (unpaired) electrons. The average Bonchev–Trinajstić information content (AvgIpc) is 2.24. The standard InChI is InChI=1S/C13H18F6O3/c1-7(2)4-9(5-8(3)10(20)21)6-11(22,12(14,15)16)13(17,18)19/h5,7,9,22H,4,6H2,1-3H3,(H,20,21). The molecule has 0 spiro atoms. The van der Waals surface area contributed by atoms with Gasteiger partial charge in [0.25, 0.3) is 5.60 Å². The Labute approximate surface area is 123 Å². The molecule has 0 rings (SSSR count). The summed E-state index contributed by atoms with van der Waals surface area (Å²) in [6.07, 6.45) is -12.8. The van der Waals surface area contributed by atoms with Gasteiger partial charge in [-0.15, -0.1) is 0 Å². The van der Waals surface area contributed by atoms with Crippen LogP contribution in [0.25, 0.3) is 0 Å². The molecule has 9 heteroatoms. The molecule has 0 aliphatic rings. The van der Waals surface area contributed by atoms with Crippen LogP contribution in [0.4, 0.5) is 26.3 Å². The quantitative estimate of drug-likeness (QED) is 0.571. The Kier molecular flexibility index (Phi) is 6.50. The van der Waals surface area contributed by atoms with Gasteiger partial charge in [-0.05, 0) is 25.2 Å². The lowest BCUT2D eigenvalue weighted by atomic mass is 9.83. The van der Waals surface area contributed by atoms with Crippen LogP contribution in [-0.2, 0) is 4.79 Å². The second-order valence-electron chi connectivity index (χ2n) is 5.60. The van der Waals surface area contributed by atoms with Crippen molar-refractivity contribution in [3.05, 3.63) is 11.6 Å². The zero-order valence-electron chi connectivity index (χ0n) is 12.2. The highest BCUT2D eigenvalue weighted by molar-refractivity contribution is 5.85. The van der Waals surface area contributed by atoms with Crippen LogP contribution in [0.3, 0.4) is 0 Å². The third-order valence-corrected chi connectivity index (χ3v) is 3.09. The number of allylic oxidation sites excluding steroid dienone is 1. The van der Waals surface area contributed by atoms with E-state index in [1.54, 1.807) is 13.8 Å². The molecular weight excluding hydrogens is 318 g/mol. The van der Waals surface area contributed by atoms with Crippen LogP contribution in [0, 0.1) is 11.8 Å². The van der Waals surface area contributed by atoms with Gasteiger partial charge < -0.3 is 10.2 Å². The number of carbonyl (C=O) groups is 1. The molecule has 0 aromatic heterocycles. The molecule has 22 heavy (non-hydrogen) atoms. The number of halogens is 6. The highest BCUT2D eigenvalue weighted by atomic mass is 19.4. The summed E-state index contributed by atoms with van der Waals surface area (Å²) >= 11 is 0. The lowest BCUT2D eigenvalue weighted by molar-refractivity contribution is -0.372. The summed E-state index contributed by atoms with van der Waals surface area (Å²) in [5, 5.41) is 17.9. The van der Waals surface area contributed by atoms with E-state index in [0.29, 0.717) is 0 Å². The zero-order chi connectivity index (χ0) is 17.9. The van der Waals surface area contributed by atoms with E-state index in [4.69, 9.17) is 5.11 Å². The molecule has 3 nitrogen and oxygen atoms in total. The first kappa shape index (κ1) is 20.8. The fourth-order valence-electron chi connectivity index (χ4n) is 2.01. The van der Waals surface area contributed by atoms with Crippen molar-refractivity contribution in [3.63, 3.8) is 0 Å². The van der Waals surface area contributed by atoms with Gasteiger partial charge in [0.15, 0.2) is 0 Å². The van der Waals surface area contributed by atoms with Crippen molar-refractivity contribution < 1.29 is 41.4 Å². The molecule has 0 aromatic rings. The van der Waals surface area contributed by atoms with E-state index < -0.39 is 36.3 Å². The lowest BCUT2D eigenvalue weighted by Gasteiger charge is -2.35. The molecule has 0 aliphatic carbocycles. The van der Waals surface area contributed by atoms with Gasteiger partial charge in [-0.1, -0.05) is 19.9 Å². The van der Waals surface area contributed by atoms with Crippen molar-refractivity contribution in [1.82, 2.24) is 0 Å². The van der Waals surface area contributed by atoms with E-state index in [0.717, 1.165) is 13.0 Å². The molecule has 0 aliphatic heterocycles. The molecule has 0 saturated carbocycles. The molecule has 0 bridgehead atoms. The first-order chi connectivity index (χ1) is 9.61. The first-order valence-corrected chi connectivity index (χ1v) is 6.39. The summed E-state index contributed by atoms with van der Waals surface area (Å²) in [5.41, 5.74) is -5.26. The summed E-state index contributed by atoms with van der Waals surface area (Å²) in [6.45, 7) is 4.20. The van der Waals surface area contributed by atoms with Gasteiger partial charge in [-0.25, -0.2) is 4.79 Å².